The average Bonchev–Trinajstić information content (AvgIpc) is 3.22. The highest BCUT2D eigenvalue weighted by atomic mass is 16.7. The molecule has 0 amide bonds. The van der Waals surface area contributed by atoms with Gasteiger partial charge >= 0.3 is 0 Å². The lowest BCUT2D eigenvalue weighted by atomic mass is 9.92. The molecule has 0 N–H and O–H groups in total. The van der Waals surface area contributed by atoms with E-state index in [4.69, 9.17) is 14.2 Å². The van der Waals surface area contributed by atoms with Crippen LogP contribution in [0.2, 0.25) is 0 Å². The highest BCUT2D eigenvalue weighted by molar-refractivity contribution is 5.66. The Labute approximate surface area is 136 Å². The third-order valence-corrected chi connectivity index (χ3v) is 5.00. The van der Waals surface area contributed by atoms with Crippen molar-refractivity contribution in [1.82, 2.24) is 9.55 Å². The molecule has 5 heteroatoms. The predicted octanol–water partition coefficient (Wildman–Crippen LogP) is 3.72. The second-order valence-electron chi connectivity index (χ2n) is 6.34. The average molecular weight is 314 g/mol. The number of ether oxygens (including phenoxy) is 3. The summed E-state index contributed by atoms with van der Waals surface area (Å²) in [5, 5.41) is 0. The molecule has 2 aromatic rings. The largest absolute Gasteiger partial charge is 0.454 e. The molecule has 0 bridgehead atoms. The van der Waals surface area contributed by atoms with Crippen molar-refractivity contribution in [2.24, 2.45) is 0 Å². The molecule has 5 nitrogen and oxygen atoms in total. The van der Waals surface area contributed by atoms with Crippen LogP contribution in [0.3, 0.4) is 0 Å². The van der Waals surface area contributed by atoms with Crippen LogP contribution in [0.4, 0.5) is 0 Å². The molecule has 1 fully saturated rings. The summed E-state index contributed by atoms with van der Waals surface area (Å²) in [6.45, 7) is 2.39. The number of imidazole rings is 1. The first-order valence-electron chi connectivity index (χ1n) is 8.22. The van der Waals surface area contributed by atoms with Crippen molar-refractivity contribution in [1.29, 1.82) is 0 Å². The predicted molar refractivity (Wildman–Crippen MR) is 86.8 cm³/mol. The van der Waals surface area contributed by atoms with Crippen LogP contribution in [0.15, 0.2) is 24.5 Å². The molecule has 0 unspecified atom stereocenters. The van der Waals surface area contributed by atoms with E-state index in [0.717, 1.165) is 54.1 Å². The van der Waals surface area contributed by atoms with Crippen LogP contribution >= 0.6 is 0 Å². The lowest BCUT2D eigenvalue weighted by Gasteiger charge is -2.29. The number of rotatable bonds is 3. The minimum Gasteiger partial charge on any atom is -0.454 e. The van der Waals surface area contributed by atoms with Gasteiger partial charge in [-0.3, -0.25) is 0 Å². The summed E-state index contributed by atoms with van der Waals surface area (Å²) < 4.78 is 18.8. The van der Waals surface area contributed by atoms with Gasteiger partial charge in [-0.1, -0.05) is 0 Å². The van der Waals surface area contributed by atoms with Crippen LogP contribution in [0, 0.1) is 6.92 Å². The Morgan fingerprint density at radius 3 is 2.61 bits per heavy atom. The molecular weight excluding hydrogens is 292 g/mol. The first-order chi connectivity index (χ1) is 11.3. The third kappa shape index (κ3) is 2.59. The smallest absolute Gasteiger partial charge is 0.231 e. The highest BCUT2D eigenvalue weighted by Gasteiger charge is 2.25. The summed E-state index contributed by atoms with van der Waals surface area (Å²) in [6.07, 6.45) is 8.87. The molecule has 0 spiro atoms. The molecule has 1 aromatic heterocycles. The molecule has 2 heterocycles. The van der Waals surface area contributed by atoms with E-state index in [2.05, 4.69) is 28.7 Å². The maximum absolute atomic E-state index is 5.53. The zero-order valence-corrected chi connectivity index (χ0v) is 13.6. The molecule has 1 aliphatic heterocycles. The van der Waals surface area contributed by atoms with E-state index in [-0.39, 0.29) is 0 Å². The molecule has 1 saturated carbocycles. The summed E-state index contributed by atoms with van der Waals surface area (Å²) in [7, 11) is 1.81. The lowest BCUT2D eigenvalue weighted by molar-refractivity contribution is 0.0586. The quantitative estimate of drug-likeness (QED) is 0.866. The number of aryl methyl sites for hydroxylation is 1. The number of methoxy groups -OCH3 is 1. The van der Waals surface area contributed by atoms with Crippen LogP contribution in [0.1, 0.15) is 37.3 Å². The van der Waals surface area contributed by atoms with E-state index in [1.807, 2.05) is 19.4 Å². The van der Waals surface area contributed by atoms with Gasteiger partial charge in [0, 0.05) is 31.1 Å². The Bertz CT molecular complexity index is 702. The van der Waals surface area contributed by atoms with Crippen molar-refractivity contribution in [2.45, 2.75) is 44.8 Å². The summed E-state index contributed by atoms with van der Waals surface area (Å²) in [4.78, 5) is 4.62. The first kappa shape index (κ1) is 14.6. The maximum Gasteiger partial charge on any atom is 0.231 e. The molecule has 1 aromatic carbocycles. The van der Waals surface area contributed by atoms with Crippen molar-refractivity contribution in [3.8, 4) is 22.9 Å². The number of benzene rings is 1. The van der Waals surface area contributed by atoms with Crippen molar-refractivity contribution in [3.05, 3.63) is 30.1 Å². The SMILES string of the molecule is COC1CCC(n2ccnc2-c2cc3c(cc2C)OCO3)CC1. The van der Waals surface area contributed by atoms with Gasteiger partial charge in [0.15, 0.2) is 11.5 Å². The van der Waals surface area contributed by atoms with Crippen LogP contribution in [-0.2, 0) is 4.74 Å². The molecular formula is C18H22N2O3. The monoisotopic (exact) mass is 314 g/mol. The van der Waals surface area contributed by atoms with E-state index in [1.165, 1.54) is 0 Å². The van der Waals surface area contributed by atoms with Crippen LogP contribution in [-0.4, -0.2) is 29.6 Å². The maximum atomic E-state index is 5.53. The second kappa shape index (κ2) is 5.89. The highest BCUT2D eigenvalue weighted by Crippen LogP contribution is 2.39. The number of nitrogens with zero attached hydrogens (tertiary/aromatic N) is 2. The van der Waals surface area contributed by atoms with Crippen molar-refractivity contribution in [2.75, 3.05) is 13.9 Å². The molecule has 23 heavy (non-hydrogen) atoms. The summed E-state index contributed by atoms with van der Waals surface area (Å²) in [5.41, 5.74) is 2.28. The van der Waals surface area contributed by atoms with Gasteiger partial charge in [-0.25, -0.2) is 4.98 Å². The molecule has 2 aliphatic rings. The normalized spacial score (nSPS) is 23.2. The summed E-state index contributed by atoms with van der Waals surface area (Å²) in [5.74, 6) is 2.65. The van der Waals surface area contributed by atoms with Crippen molar-refractivity contribution < 1.29 is 14.2 Å². The standard InChI is InChI=1S/C18H22N2O3/c1-12-9-16-17(23-11-22-16)10-15(12)18-19-7-8-20(18)13-3-5-14(21-2)6-4-13/h7-10,13-14H,3-6,11H2,1-2H3. The number of hydrogen-bond donors (Lipinski definition) is 0. The van der Waals surface area contributed by atoms with Gasteiger partial charge in [0.1, 0.15) is 5.82 Å². The van der Waals surface area contributed by atoms with E-state index in [1.54, 1.807) is 0 Å². The topological polar surface area (TPSA) is 45.5 Å². The van der Waals surface area contributed by atoms with Gasteiger partial charge in [-0.2, -0.15) is 0 Å². The van der Waals surface area contributed by atoms with Gasteiger partial charge in [0.25, 0.3) is 0 Å². The Balaban J connectivity index is 1.65. The fourth-order valence-corrected chi connectivity index (χ4v) is 3.66. The van der Waals surface area contributed by atoms with Crippen LogP contribution in [0.25, 0.3) is 11.4 Å². The van der Waals surface area contributed by atoms with Crippen LogP contribution < -0.4 is 9.47 Å². The van der Waals surface area contributed by atoms with E-state index < -0.39 is 0 Å². The van der Waals surface area contributed by atoms with Crippen LogP contribution in [0.5, 0.6) is 11.5 Å². The van der Waals surface area contributed by atoms with Gasteiger partial charge in [-0.05, 0) is 50.3 Å². The number of aromatic nitrogens is 2. The summed E-state index contributed by atoms with van der Waals surface area (Å²) >= 11 is 0. The summed E-state index contributed by atoms with van der Waals surface area (Å²) in [6, 6.07) is 4.58. The van der Waals surface area contributed by atoms with E-state index >= 15 is 0 Å². The van der Waals surface area contributed by atoms with E-state index in [0.29, 0.717) is 18.9 Å². The zero-order valence-electron chi connectivity index (χ0n) is 13.6. The molecule has 122 valence electrons. The first-order valence-corrected chi connectivity index (χ1v) is 8.22. The van der Waals surface area contributed by atoms with Crippen molar-refractivity contribution >= 4 is 0 Å². The Hall–Kier alpha value is -2.01. The van der Waals surface area contributed by atoms with Gasteiger partial charge in [0.2, 0.25) is 6.79 Å². The third-order valence-electron chi connectivity index (χ3n) is 5.00. The Morgan fingerprint density at radius 2 is 1.87 bits per heavy atom. The van der Waals surface area contributed by atoms with Gasteiger partial charge in [-0.15, -0.1) is 0 Å². The molecule has 0 radical (unpaired) electrons. The fraction of sp³-hybridized carbons (Fsp3) is 0.500. The Kier molecular flexibility index (Phi) is 3.73. The molecule has 4 rings (SSSR count). The second-order valence-corrected chi connectivity index (χ2v) is 6.34. The Morgan fingerprint density at radius 1 is 1.13 bits per heavy atom. The minimum atomic E-state index is 0.299. The van der Waals surface area contributed by atoms with Crippen molar-refractivity contribution in [3.63, 3.8) is 0 Å². The molecule has 1 aliphatic carbocycles. The number of hydrogen-bond acceptors (Lipinski definition) is 4. The lowest BCUT2D eigenvalue weighted by Crippen LogP contribution is -2.22. The fourth-order valence-electron chi connectivity index (χ4n) is 3.66. The van der Waals surface area contributed by atoms with Gasteiger partial charge < -0.3 is 18.8 Å². The number of fused-ring (bicyclic) bond motifs is 1. The van der Waals surface area contributed by atoms with Gasteiger partial charge in [0.05, 0.1) is 6.10 Å². The minimum absolute atomic E-state index is 0.299. The molecule has 0 atom stereocenters. The molecule has 0 saturated heterocycles. The zero-order chi connectivity index (χ0) is 15.8. The van der Waals surface area contributed by atoms with E-state index in [9.17, 15) is 0 Å².